The number of carbonyl (C=O) groups excluding carboxylic acids is 4. The van der Waals surface area contributed by atoms with Crippen LogP contribution in [0.3, 0.4) is 0 Å². The number of carboxylic acid groups (broad SMARTS) is 1. The van der Waals surface area contributed by atoms with Crippen LogP contribution in [0, 0.1) is 0 Å². The predicted molar refractivity (Wildman–Crippen MR) is 129 cm³/mol. The summed E-state index contributed by atoms with van der Waals surface area (Å²) in [7, 11) is 0. The van der Waals surface area contributed by atoms with Crippen LogP contribution in [-0.4, -0.2) is 92.6 Å². The normalized spacial score (nSPS) is 14.8. The Kier molecular flexibility index (Phi) is 12.5. The molecule has 0 aliphatic carbocycles. The van der Waals surface area contributed by atoms with Crippen molar-refractivity contribution >= 4 is 35.6 Å². The zero-order chi connectivity index (χ0) is 28.1. The van der Waals surface area contributed by atoms with Crippen LogP contribution in [0.5, 0.6) is 0 Å². The fraction of sp³-hybridized carbons (Fsp3) is 0.550. The van der Waals surface area contributed by atoms with Crippen molar-refractivity contribution in [3.05, 3.63) is 18.2 Å². The van der Waals surface area contributed by atoms with Gasteiger partial charge in [0.15, 0.2) is 5.96 Å². The minimum Gasteiger partial charge on any atom is -0.480 e. The number of hydrogen-bond donors (Lipinski definition) is 10. The van der Waals surface area contributed by atoms with Crippen LogP contribution < -0.4 is 38.9 Å². The molecule has 1 heterocycles. The van der Waals surface area contributed by atoms with Crippen LogP contribution in [0.1, 0.15) is 31.9 Å². The van der Waals surface area contributed by atoms with Gasteiger partial charge in [-0.15, -0.1) is 0 Å². The molecule has 1 aromatic heterocycles. The van der Waals surface area contributed by atoms with E-state index in [0.717, 1.165) is 0 Å². The third-order valence-corrected chi connectivity index (χ3v) is 5.03. The smallest absolute Gasteiger partial charge is 0.326 e. The van der Waals surface area contributed by atoms with Crippen molar-refractivity contribution < 1.29 is 34.2 Å². The molecule has 17 nitrogen and oxygen atoms in total. The Labute approximate surface area is 211 Å². The monoisotopic (exact) mass is 526 g/mol. The second kappa shape index (κ2) is 15.0. The van der Waals surface area contributed by atoms with E-state index in [0.29, 0.717) is 5.69 Å². The van der Waals surface area contributed by atoms with Gasteiger partial charge in [-0.05, 0) is 19.8 Å². The second-order valence-electron chi connectivity index (χ2n) is 8.19. The number of rotatable bonds is 16. The minimum atomic E-state index is -1.63. The highest BCUT2D eigenvalue weighted by molar-refractivity contribution is 5.95. The van der Waals surface area contributed by atoms with Gasteiger partial charge in [0.1, 0.15) is 24.2 Å². The molecule has 0 radical (unpaired) electrons. The number of aliphatic hydroxyl groups is 1. The molecular formula is C20H34N10O7. The van der Waals surface area contributed by atoms with E-state index in [4.69, 9.17) is 22.9 Å². The largest absolute Gasteiger partial charge is 0.480 e. The molecule has 0 spiro atoms. The van der Waals surface area contributed by atoms with E-state index < -0.39 is 66.3 Å². The van der Waals surface area contributed by atoms with E-state index in [1.807, 2.05) is 0 Å². The molecule has 0 saturated heterocycles. The number of aromatic amines is 1. The molecular weight excluding hydrogens is 492 g/mol. The number of carbonyl (C=O) groups is 5. The third kappa shape index (κ3) is 11.4. The molecule has 0 saturated carbocycles. The zero-order valence-electron chi connectivity index (χ0n) is 20.2. The maximum atomic E-state index is 13.1. The first-order chi connectivity index (χ1) is 17.3. The highest BCUT2D eigenvalue weighted by Gasteiger charge is 2.31. The number of aliphatic imine (C=N–C) groups is 1. The summed E-state index contributed by atoms with van der Waals surface area (Å²) in [5, 5.41) is 26.0. The number of aromatic nitrogens is 2. The molecule has 206 valence electrons. The summed E-state index contributed by atoms with van der Waals surface area (Å²) in [5.41, 5.74) is 21.7. The molecule has 5 atom stereocenters. The van der Waals surface area contributed by atoms with Crippen molar-refractivity contribution in [3.8, 4) is 0 Å². The van der Waals surface area contributed by atoms with Gasteiger partial charge >= 0.3 is 5.97 Å². The van der Waals surface area contributed by atoms with Crippen molar-refractivity contribution in [2.45, 2.75) is 62.9 Å². The number of guanidine groups is 1. The molecule has 0 aliphatic heterocycles. The molecule has 37 heavy (non-hydrogen) atoms. The fourth-order valence-corrected chi connectivity index (χ4v) is 3.03. The molecule has 0 fully saturated rings. The summed E-state index contributed by atoms with van der Waals surface area (Å²) in [4.78, 5) is 71.5. The summed E-state index contributed by atoms with van der Waals surface area (Å²) in [6.45, 7) is 1.43. The topological polar surface area (TPSA) is 307 Å². The number of nitrogens with one attached hydrogen (secondary N) is 4. The van der Waals surface area contributed by atoms with Crippen molar-refractivity contribution in [1.29, 1.82) is 0 Å². The lowest BCUT2D eigenvalue weighted by atomic mass is 10.1. The van der Waals surface area contributed by atoms with Gasteiger partial charge in [0.25, 0.3) is 0 Å². The summed E-state index contributed by atoms with van der Waals surface area (Å²) in [6.07, 6.45) is 0.983. The van der Waals surface area contributed by atoms with E-state index >= 15 is 0 Å². The number of imidazole rings is 1. The van der Waals surface area contributed by atoms with Crippen molar-refractivity contribution in [3.63, 3.8) is 0 Å². The van der Waals surface area contributed by atoms with Crippen LogP contribution in [0.15, 0.2) is 17.5 Å². The molecule has 0 aromatic carbocycles. The van der Waals surface area contributed by atoms with Crippen LogP contribution in [-0.2, 0) is 30.4 Å². The number of carboxylic acids is 1. The zero-order valence-corrected chi connectivity index (χ0v) is 20.2. The van der Waals surface area contributed by atoms with Gasteiger partial charge in [0.2, 0.25) is 23.6 Å². The van der Waals surface area contributed by atoms with E-state index in [-0.39, 0.29) is 31.8 Å². The Balaban J connectivity index is 3.11. The molecule has 14 N–H and O–H groups in total. The highest BCUT2D eigenvalue weighted by Crippen LogP contribution is 2.05. The molecule has 1 rings (SSSR count). The van der Waals surface area contributed by atoms with Gasteiger partial charge in [-0.25, -0.2) is 9.78 Å². The SMILES string of the molecule is CC(O)C(N)C(=O)NC(CCCN=C(N)N)C(=O)NC(Cc1cnc[nH]1)C(=O)NC(CC(N)=O)C(=O)O. The number of nitrogens with zero attached hydrogens (tertiary/aromatic N) is 2. The van der Waals surface area contributed by atoms with Gasteiger partial charge < -0.3 is 54.1 Å². The Morgan fingerprint density at radius 3 is 2.14 bits per heavy atom. The summed E-state index contributed by atoms with van der Waals surface area (Å²) < 4.78 is 0. The number of nitrogens with two attached hydrogens (primary N) is 4. The third-order valence-electron chi connectivity index (χ3n) is 5.03. The quantitative estimate of drug-likeness (QED) is 0.0553. The second-order valence-corrected chi connectivity index (χ2v) is 8.19. The number of hydrogen-bond acceptors (Lipinski definition) is 9. The number of H-pyrrole nitrogens is 1. The molecule has 1 aromatic rings. The first-order valence-electron chi connectivity index (χ1n) is 11.2. The van der Waals surface area contributed by atoms with E-state index in [9.17, 15) is 34.2 Å². The lowest BCUT2D eigenvalue weighted by Crippen LogP contribution is -2.58. The average molecular weight is 527 g/mol. The maximum absolute atomic E-state index is 13.1. The van der Waals surface area contributed by atoms with Gasteiger partial charge in [0, 0.05) is 24.9 Å². The molecule has 5 unspecified atom stereocenters. The van der Waals surface area contributed by atoms with Gasteiger partial charge in [-0.2, -0.15) is 0 Å². The number of aliphatic hydroxyl groups excluding tert-OH is 1. The Bertz CT molecular complexity index is 963. The summed E-state index contributed by atoms with van der Waals surface area (Å²) in [6, 6.07) is -5.53. The molecule has 4 amide bonds. The lowest BCUT2D eigenvalue weighted by molar-refractivity contribution is -0.143. The maximum Gasteiger partial charge on any atom is 0.326 e. The van der Waals surface area contributed by atoms with Gasteiger partial charge in [-0.1, -0.05) is 0 Å². The molecule has 17 heteroatoms. The summed E-state index contributed by atoms with van der Waals surface area (Å²) >= 11 is 0. The van der Waals surface area contributed by atoms with E-state index in [1.54, 1.807) is 0 Å². The Morgan fingerprint density at radius 1 is 1.03 bits per heavy atom. The van der Waals surface area contributed by atoms with Crippen molar-refractivity contribution in [2.75, 3.05) is 6.54 Å². The first kappa shape index (κ1) is 30.8. The first-order valence-corrected chi connectivity index (χ1v) is 11.2. The van der Waals surface area contributed by atoms with Crippen LogP contribution in [0.25, 0.3) is 0 Å². The van der Waals surface area contributed by atoms with Crippen LogP contribution >= 0.6 is 0 Å². The predicted octanol–water partition coefficient (Wildman–Crippen LogP) is -4.87. The number of primary amides is 1. The summed E-state index contributed by atoms with van der Waals surface area (Å²) in [5.74, 6) is -5.18. The molecule has 0 bridgehead atoms. The standard InChI is InChI=1S/C20H34N10O7/c1-9(31)15(22)18(35)28-11(3-2-4-26-20(23)24)16(33)29-12(5-10-7-25-8-27-10)17(34)30-13(19(36)37)6-14(21)32/h7-9,11-13,15,31H,2-6,22H2,1H3,(H2,21,32)(H,25,27)(H,28,35)(H,29,33)(H,30,34)(H,36,37)(H4,23,24,26). The molecule has 0 aliphatic rings. The van der Waals surface area contributed by atoms with E-state index in [2.05, 4.69) is 30.9 Å². The van der Waals surface area contributed by atoms with E-state index in [1.165, 1.54) is 19.4 Å². The van der Waals surface area contributed by atoms with Gasteiger partial charge in [0.05, 0.1) is 18.9 Å². The average Bonchev–Trinajstić information content (AvgIpc) is 3.31. The minimum absolute atomic E-state index is 0.0265. The Morgan fingerprint density at radius 2 is 1.62 bits per heavy atom. The number of aliphatic carboxylic acids is 1. The fourth-order valence-electron chi connectivity index (χ4n) is 3.03. The van der Waals surface area contributed by atoms with Crippen LogP contribution in [0.2, 0.25) is 0 Å². The lowest BCUT2D eigenvalue weighted by Gasteiger charge is -2.25. The highest BCUT2D eigenvalue weighted by atomic mass is 16.4. The van der Waals surface area contributed by atoms with Crippen molar-refractivity contribution in [2.24, 2.45) is 27.9 Å². The van der Waals surface area contributed by atoms with Crippen LogP contribution in [0.4, 0.5) is 0 Å². The van der Waals surface area contributed by atoms with Crippen molar-refractivity contribution in [1.82, 2.24) is 25.9 Å². The Hall–Kier alpha value is -4.25. The van der Waals surface area contributed by atoms with Gasteiger partial charge in [-0.3, -0.25) is 24.2 Å². The number of amides is 4.